The van der Waals surface area contributed by atoms with Gasteiger partial charge in [0.15, 0.2) is 11.5 Å². The summed E-state index contributed by atoms with van der Waals surface area (Å²) in [5, 5.41) is 18.0. The molecule has 2 aromatic carbocycles. The summed E-state index contributed by atoms with van der Waals surface area (Å²) < 4.78 is 10.8. The normalized spacial score (nSPS) is 12.6. The summed E-state index contributed by atoms with van der Waals surface area (Å²) >= 11 is 6.06. The number of benzene rings is 2. The fraction of sp³-hybridized carbons (Fsp3) is 0.118. The van der Waals surface area contributed by atoms with Gasteiger partial charge in [-0.3, -0.25) is 5.10 Å². The predicted octanol–water partition coefficient (Wildman–Crippen LogP) is 4.14. The Labute approximate surface area is 137 Å². The monoisotopic (exact) mass is 328 g/mol. The van der Waals surface area contributed by atoms with Crippen molar-refractivity contribution in [2.45, 2.75) is 6.92 Å². The highest BCUT2D eigenvalue weighted by molar-refractivity contribution is 6.31. The number of fused-ring (bicyclic) bond motifs is 1. The van der Waals surface area contributed by atoms with Crippen molar-refractivity contribution in [3.63, 3.8) is 0 Å². The number of hydrogen-bond acceptors (Lipinski definition) is 4. The Hall–Kier alpha value is -2.66. The summed E-state index contributed by atoms with van der Waals surface area (Å²) in [6.45, 7) is 2.16. The summed E-state index contributed by atoms with van der Waals surface area (Å²) in [5.74, 6) is 1.55. The summed E-state index contributed by atoms with van der Waals surface area (Å²) in [6, 6.07) is 10.6. The van der Waals surface area contributed by atoms with E-state index in [1.54, 1.807) is 18.2 Å². The molecule has 0 radical (unpaired) electrons. The molecule has 0 unspecified atom stereocenters. The third-order valence-corrected chi connectivity index (χ3v) is 4.06. The van der Waals surface area contributed by atoms with Gasteiger partial charge in [0.1, 0.15) is 11.4 Å². The lowest BCUT2D eigenvalue weighted by Gasteiger charge is -2.08. The van der Waals surface area contributed by atoms with E-state index in [2.05, 4.69) is 10.2 Å². The molecule has 0 spiro atoms. The average Bonchev–Trinajstić information content (AvgIpc) is 3.15. The first-order chi connectivity index (χ1) is 11.1. The van der Waals surface area contributed by atoms with E-state index in [1.165, 1.54) is 0 Å². The number of ether oxygens (including phenoxy) is 2. The molecule has 6 heteroatoms. The summed E-state index contributed by atoms with van der Waals surface area (Å²) in [4.78, 5) is 0. The van der Waals surface area contributed by atoms with Gasteiger partial charge in [-0.1, -0.05) is 17.7 Å². The molecule has 0 saturated carbocycles. The van der Waals surface area contributed by atoms with Crippen LogP contribution in [0.25, 0.3) is 22.4 Å². The van der Waals surface area contributed by atoms with E-state index < -0.39 is 0 Å². The van der Waals surface area contributed by atoms with Crippen molar-refractivity contribution in [1.29, 1.82) is 0 Å². The zero-order valence-electron chi connectivity index (χ0n) is 12.3. The number of phenols is 1. The number of hydrogen-bond donors (Lipinski definition) is 2. The van der Waals surface area contributed by atoms with E-state index in [0.29, 0.717) is 22.0 Å². The van der Waals surface area contributed by atoms with Crippen molar-refractivity contribution < 1.29 is 14.6 Å². The minimum absolute atomic E-state index is 0.128. The van der Waals surface area contributed by atoms with Crippen LogP contribution in [0.2, 0.25) is 5.02 Å². The van der Waals surface area contributed by atoms with Crippen LogP contribution in [0.15, 0.2) is 36.4 Å². The Balaban J connectivity index is 1.90. The minimum Gasteiger partial charge on any atom is -0.507 e. The van der Waals surface area contributed by atoms with Crippen molar-refractivity contribution in [2.75, 3.05) is 6.79 Å². The molecule has 0 aliphatic carbocycles. The third-order valence-electron chi connectivity index (χ3n) is 3.82. The molecule has 1 aromatic heterocycles. The molecule has 0 bridgehead atoms. The zero-order valence-corrected chi connectivity index (χ0v) is 13.0. The smallest absolute Gasteiger partial charge is 0.231 e. The van der Waals surface area contributed by atoms with E-state index in [4.69, 9.17) is 21.1 Å². The number of aromatic amines is 1. The summed E-state index contributed by atoms with van der Waals surface area (Å²) in [7, 11) is 0. The lowest BCUT2D eigenvalue weighted by atomic mass is 9.98. The maximum atomic E-state index is 10.2. The summed E-state index contributed by atoms with van der Waals surface area (Å²) in [6.07, 6.45) is 0. The van der Waals surface area contributed by atoms with E-state index in [-0.39, 0.29) is 12.5 Å². The largest absolute Gasteiger partial charge is 0.507 e. The number of phenolic OH excluding ortho intramolecular Hbond substituents is 1. The van der Waals surface area contributed by atoms with Gasteiger partial charge in [0, 0.05) is 21.8 Å². The Morgan fingerprint density at radius 2 is 1.96 bits per heavy atom. The number of nitrogens with one attached hydrogen (secondary N) is 1. The quantitative estimate of drug-likeness (QED) is 0.742. The van der Waals surface area contributed by atoms with Gasteiger partial charge in [0.2, 0.25) is 6.79 Å². The highest BCUT2D eigenvalue weighted by atomic mass is 35.5. The molecule has 4 rings (SSSR count). The van der Waals surface area contributed by atoms with Crippen molar-refractivity contribution in [1.82, 2.24) is 10.2 Å². The average molecular weight is 329 g/mol. The van der Waals surface area contributed by atoms with Crippen LogP contribution in [0.4, 0.5) is 0 Å². The molecule has 2 heterocycles. The molecule has 0 atom stereocenters. The maximum absolute atomic E-state index is 10.2. The fourth-order valence-electron chi connectivity index (χ4n) is 2.73. The number of aryl methyl sites for hydroxylation is 1. The Morgan fingerprint density at radius 1 is 1.13 bits per heavy atom. The number of rotatable bonds is 2. The second-order valence-electron chi connectivity index (χ2n) is 5.30. The molecule has 5 nitrogen and oxygen atoms in total. The highest BCUT2D eigenvalue weighted by Gasteiger charge is 2.20. The molecule has 1 aliphatic rings. The molecule has 0 amide bonds. The lowest BCUT2D eigenvalue weighted by Crippen LogP contribution is -1.92. The van der Waals surface area contributed by atoms with Crippen molar-refractivity contribution in [3.05, 3.63) is 47.1 Å². The molecular formula is C17H13ClN2O3. The lowest BCUT2D eigenvalue weighted by molar-refractivity contribution is 0.174. The Bertz CT molecular complexity index is 905. The van der Waals surface area contributed by atoms with Crippen molar-refractivity contribution in [3.8, 4) is 39.6 Å². The van der Waals surface area contributed by atoms with Gasteiger partial charge in [0.25, 0.3) is 0 Å². The van der Waals surface area contributed by atoms with Crippen LogP contribution >= 0.6 is 11.6 Å². The maximum Gasteiger partial charge on any atom is 0.231 e. The van der Waals surface area contributed by atoms with Gasteiger partial charge in [-0.15, -0.1) is 0 Å². The molecule has 3 aromatic rings. The molecular weight excluding hydrogens is 316 g/mol. The van der Waals surface area contributed by atoms with E-state index >= 15 is 0 Å². The first-order valence-electron chi connectivity index (χ1n) is 7.07. The van der Waals surface area contributed by atoms with Gasteiger partial charge in [-0.25, -0.2) is 0 Å². The number of nitrogens with zero attached hydrogens (tertiary/aromatic N) is 1. The van der Waals surface area contributed by atoms with Crippen LogP contribution in [-0.2, 0) is 0 Å². The third kappa shape index (κ3) is 2.29. The van der Waals surface area contributed by atoms with E-state index in [9.17, 15) is 5.11 Å². The number of halogens is 1. The highest BCUT2D eigenvalue weighted by Crippen LogP contribution is 2.41. The van der Waals surface area contributed by atoms with Gasteiger partial charge >= 0.3 is 0 Å². The topological polar surface area (TPSA) is 67.4 Å². The Kier molecular flexibility index (Phi) is 3.16. The van der Waals surface area contributed by atoms with Crippen LogP contribution in [-0.4, -0.2) is 22.1 Å². The number of H-pyrrole nitrogens is 1. The van der Waals surface area contributed by atoms with Crippen LogP contribution in [0.5, 0.6) is 17.2 Å². The first-order valence-corrected chi connectivity index (χ1v) is 7.45. The molecule has 0 fully saturated rings. The van der Waals surface area contributed by atoms with Gasteiger partial charge in [-0.05, 0) is 42.8 Å². The van der Waals surface area contributed by atoms with Crippen LogP contribution in [0, 0.1) is 6.92 Å². The van der Waals surface area contributed by atoms with E-state index in [1.807, 2.05) is 25.1 Å². The van der Waals surface area contributed by atoms with Crippen LogP contribution < -0.4 is 9.47 Å². The number of aromatic hydroxyl groups is 1. The second-order valence-corrected chi connectivity index (χ2v) is 5.74. The van der Waals surface area contributed by atoms with Crippen LogP contribution in [0.1, 0.15) is 5.69 Å². The van der Waals surface area contributed by atoms with Gasteiger partial charge < -0.3 is 14.6 Å². The standard InChI is InChI=1S/C17H13ClN2O3/c1-9-16(10-2-5-14-15(6-10)23-8-22-14)17(20-19-9)12-7-11(18)3-4-13(12)21/h2-7,21H,8H2,1H3,(H,19,20). The van der Waals surface area contributed by atoms with E-state index in [0.717, 1.165) is 22.6 Å². The first kappa shape index (κ1) is 14.0. The Morgan fingerprint density at radius 3 is 2.83 bits per heavy atom. The molecule has 116 valence electrons. The van der Waals surface area contributed by atoms with Gasteiger partial charge in [-0.2, -0.15) is 5.10 Å². The fourth-order valence-corrected chi connectivity index (χ4v) is 2.90. The molecule has 1 aliphatic heterocycles. The second kappa shape index (κ2) is 5.21. The molecule has 23 heavy (non-hydrogen) atoms. The minimum atomic E-state index is 0.128. The van der Waals surface area contributed by atoms with Crippen LogP contribution in [0.3, 0.4) is 0 Å². The SMILES string of the molecule is Cc1[nH]nc(-c2cc(Cl)ccc2O)c1-c1ccc2c(c1)OCO2. The summed E-state index contributed by atoms with van der Waals surface area (Å²) in [5.41, 5.74) is 3.92. The van der Waals surface area contributed by atoms with Crippen molar-refractivity contribution in [2.24, 2.45) is 0 Å². The van der Waals surface area contributed by atoms with Crippen molar-refractivity contribution >= 4 is 11.6 Å². The zero-order chi connectivity index (χ0) is 16.0. The molecule has 0 saturated heterocycles. The van der Waals surface area contributed by atoms with Gasteiger partial charge in [0.05, 0.1) is 0 Å². The number of aromatic nitrogens is 2. The predicted molar refractivity (Wildman–Crippen MR) is 87.0 cm³/mol. The molecule has 2 N–H and O–H groups in total.